The van der Waals surface area contributed by atoms with Gasteiger partial charge in [0.1, 0.15) is 5.82 Å². The van der Waals surface area contributed by atoms with Crippen molar-refractivity contribution in [3.8, 4) is 0 Å². The van der Waals surface area contributed by atoms with Gasteiger partial charge < -0.3 is 11.1 Å². The Bertz CT molecular complexity index is 311. The Morgan fingerprint density at radius 3 is 2.60 bits per heavy atom. The van der Waals surface area contributed by atoms with E-state index >= 15 is 0 Å². The highest BCUT2D eigenvalue weighted by Crippen LogP contribution is 2.01. The topological polar surface area (TPSA) is 55.1 Å². The molecule has 1 aromatic rings. The minimum atomic E-state index is -0.279. The number of rotatable bonds is 6. The van der Waals surface area contributed by atoms with Crippen molar-refractivity contribution in [2.45, 2.75) is 19.4 Å². The van der Waals surface area contributed by atoms with E-state index in [0.717, 1.165) is 18.5 Å². The first-order valence-electron chi connectivity index (χ1n) is 4.92. The van der Waals surface area contributed by atoms with Crippen molar-refractivity contribution in [3.05, 3.63) is 35.6 Å². The molecule has 4 heteroatoms. The second-order valence-electron chi connectivity index (χ2n) is 3.37. The third kappa shape index (κ3) is 5.12. The molecule has 82 valence electrons. The van der Waals surface area contributed by atoms with Gasteiger partial charge in [-0.15, -0.1) is 0 Å². The van der Waals surface area contributed by atoms with Gasteiger partial charge in [0.05, 0.1) is 0 Å². The second kappa shape index (κ2) is 6.14. The van der Waals surface area contributed by atoms with Crippen LogP contribution in [0.5, 0.6) is 0 Å². The molecule has 0 fully saturated rings. The molecule has 1 amide bonds. The van der Waals surface area contributed by atoms with Gasteiger partial charge in [-0.25, -0.2) is 4.39 Å². The SMILES string of the molecule is NC(=O)CCCNCc1ccc(F)cc1. The number of amides is 1. The zero-order valence-corrected chi connectivity index (χ0v) is 8.50. The van der Waals surface area contributed by atoms with Crippen molar-refractivity contribution in [2.75, 3.05) is 6.54 Å². The summed E-state index contributed by atoms with van der Waals surface area (Å²) in [6.07, 6.45) is 1.13. The number of hydrogen-bond donors (Lipinski definition) is 2. The molecule has 0 aliphatic rings. The van der Waals surface area contributed by atoms with Gasteiger partial charge in [-0.2, -0.15) is 0 Å². The number of carbonyl (C=O) groups excluding carboxylic acids is 1. The maximum absolute atomic E-state index is 12.5. The molecular weight excluding hydrogens is 195 g/mol. The number of halogens is 1. The van der Waals surface area contributed by atoms with Crippen LogP contribution in [0.25, 0.3) is 0 Å². The highest BCUT2D eigenvalue weighted by atomic mass is 19.1. The Morgan fingerprint density at radius 2 is 2.00 bits per heavy atom. The Hall–Kier alpha value is -1.42. The Labute approximate surface area is 88.5 Å². The molecule has 3 N–H and O–H groups in total. The summed E-state index contributed by atoms with van der Waals surface area (Å²) in [5, 5.41) is 3.15. The maximum Gasteiger partial charge on any atom is 0.217 e. The van der Waals surface area contributed by atoms with Gasteiger partial charge in [-0.1, -0.05) is 12.1 Å². The van der Waals surface area contributed by atoms with Crippen LogP contribution in [0.1, 0.15) is 18.4 Å². The van der Waals surface area contributed by atoms with E-state index in [1.54, 1.807) is 12.1 Å². The maximum atomic E-state index is 12.5. The fourth-order valence-corrected chi connectivity index (χ4v) is 1.22. The predicted octanol–water partition coefficient (Wildman–Crippen LogP) is 1.18. The molecule has 1 aromatic carbocycles. The summed E-state index contributed by atoms with van der Waals surface area (Å²) in [7, 11) is 0. The first-order chi connectivity index (χ1) is 7.18. The molecule has 3 nitrogen and oxygen atoms in total. The molecule has 0 heterocycles. The molecule has 0 aromatic heterocycles. The number of nitrogens with two attached hydrogens (primary N) is 1. The molecule has 0 aliphatic carbocycles. The molecular formula is C11H15FN2O. The van der Waals surface area contributed by atoms with E-state index < -0.39 is 0 Å². The average Bonchev–Trinajstić information content (AvgIpc) is 2.20. The summed E-state index contributed by atoms with van der Waals surface area (Å²) >= 11 is 0. The molecule has 0 bridgehead atoms. The summed E-state index contributed by atoms with van der Waals surface area (Å²) in [6.45, 7) is 1.42. The lowest BCUT2D eigenvalue weighted by atomic mass is 10.2. The largest absolute Gasteiger partial charge is 0.370 e. The number of hydrogen-bond acceptors (Lipinski definition) is 2. The number of carbonyl (C=O) groups is 1. The van der Waals surface area contributed by atoms with E-state index in [1.807, 2.05) is 0 Å². The van der Waals surface area contributed by atoms with Crippen LogP contribution >= 0.6 is 0 Å². The molecule has 1 rings (SSSR count). The number of benzene rings is 1. The minimum absolute atomic E-state index is 0.229. The number of nitrogens with one attached hydrogen (secondary N) is 1. The fraction of sp³-hybridized carbons (Fsp3) is 0.364. The molecule has 0 atom stereocenters. The fourth-order valence-electron chi connectivity index (χ4n) is 1.22. The first kappa shape index (κ1) is 11.7. The van der Waals surface area contributed by atoms with Crippen molar-refractivity contribution >= 4 is 5.91 Å². The van der Waals surface area contributed by atoms with Crippen LogP contribution in [0.2, 0.25) is 0 Å². The highest BCUT2D eigenvalue weighted by Gasteiger charge is 1.95. The molecule has 15 heavy (non-hydrogen) atoms. The van der Waals surface area contributed by atoms with Crippen LogP contribution in [0, 0.1) is 5.82 Å². The molecule has 0 radical (unpaired) electrons. The summed E-state index contributed by atoms with van der Waals surface area (Å²) in [5.41, 5.74) is 6.02. The minimum Gasteiger partial charge on any atom is -0.370 e. The van der Waals surface area contributed by atoms with Crippen LogP contribution in [0.15, 0.2) is 24.3 Å². The van der Waals surface area contributed by atoms with Gasteiger partial charge >= 0.3 is 0 Å². The smallest absolute Gasteiger partial charge is 0.217 e. The summed E-state index contributed by atoms with van der Waals surface area (Å²) in [5.74, 6) is -0.508. The molecule has 0 unspecified atom stereocenters. The second-order valence-corrected chi connectivity index (χ2v) is 3.37. The molecule has 0 spiro atoms. The number of primary amides is 1. The van der Waals surface area contributed by atoms with Gasteiger partial charge in [0, 0.05) is 13.0 Å². The molecule has 0 saturated heterocycles. The van der Waals surface area contributed by atoms with Crippen molar-refractivity contribution in [1.82, 2.24) is 5.32 Å². The lowest BCUT2D eigenvalue weighted by molar-refractivity contribution is -0.118. The average molecular weight is 210 g/mol. The van der Waals surface area contributed by atoms with Crippen molar-refractivity contribution in [2.24, 2.45) is 5.73 Å². The van der Waals surface area contributed by atoms with E-state index in [9.17, 15) is 9.18 Å². The quantitative estimate of drug-likeness (QED) is 0.693. The zero-order valence-electron chi connectivity index (χ0n) is 8.50. The van der Waals surface area contributed by atoms with Crippen LogP contribution < -0.4 is 11.1 Å². The van der Waals surface area contributed by atoms with Gasteiger partial charge in [0.25, 0.3) is 0 Å². The first-order valence-corrected chi connectivity index (χ1v) is 4.92. The van der Waals surface area contributed by atoms with Crippen LogP contribution in [0.3, 0.4) is 0 Å². The highest BCUT2D eigenvalue weighted by molar-refractivity contribution is 5.73. The van der Waals surface area contributed by atoms with Crippen LogP contribution in [0.4, 0.5) is 4.39 Å². The van der Waals surface area contributed by atoms with Crippen LogP contribution in [-0.4, -0.2) is 12.5 Å². The van der Waals surface area contributed by atoms with Gasteiger partial charge in [0.2, 0.25) is 5.91 Å². The standard InChI is InChI=1S/C11H15FN2O/c12-10-5-3-9(4-6-10)8-14-7-1-2-11(13)15/h3-6,14H,1-2,7-8H2,(H2,13,15). The van der Waals surface area contributed by atoms with E-state index in [4.69, 9.17) is 5.73 Å². The van der Waals surface area contributed by atoms with Gasteiger partial charge in [0.15, 0.2) is 0 Å². The lowest BCUT2D eigenvalue weighted by Crippen LogP contribution is -2.18. The van der Waals surface area contributed by atoms with Crippen LogP contribution in [-0.2, 0) is 11.3 Å². The molecule has 0 aliphatic heterocycles. The van der Waals surface area contributed by atoms with Crippen molar-refractivity contribution in [3.63, 3.8) is 0 Å². The van der Waals surface area contributed by atoms with E-state index in [0.29, 0.717) is 13.0 Å². The van der Waals surface area contributed by atoms with Crippen molar-refractivity contribution < 1.29 is 9.18 Å². The zero-order chi connectivity index (χ0) is 11.1. The molecule has 0 saturated carbocycles. The summed E-state index contributed by atoms with van der Waals surface area (Å²) in [6, 6.07) is 6.33. The van der Waals surface area contributed by atoms with Gasteiger partial charge in [-0.3, -0.25) is 4.79 Å². The van der Waals surface area contributed by atoms with Crippen molar-refractivity contribution in [1.29, 1.82) is 0 Å². The summed E-state index contributed by atoms with van der Waals surface area (Å²) in [4.78, 5) is 10.4. The van der Waals surface area contributed by atoms with Gasteiger partial charge in [-0.05, 0) is 30.7 Å². The monoisotopic (exact) mass is 210 g/mol. The third-order valence-corrected chi connectivity index (χ3v) is 2.02. The van der Waals surface area contributed by atoms with E-state index in [2.05, 4.69) is 5.32 Å². The van der Waals surface area contributed by atoms with E-state index in [1.165, 1.54) is 12.1 Å². The Kier molecular flexibility index (Phi) is 4.77. The summed E-state index contributed by atoms with van der Waals surface area (Å²) < 4.78 is 12.5. The Morgan fingerprint density at radius 1 is 1.33 bits per heavy atom. The normalized spacial score (nSPS) is 10.2. The van der Waals surface area contributed by atoms with E-state index in [-0.39, 0.29) is 11.7 Å². The lowest BCUT2D eigenvalue weighted by Gasteiger charge is -2.03. The predicted molar refractivity (Wildman–Crippen MR) is 56.5 cm³/mol. The third-order valence-electron chi connectivity index (χ3n) is 2.02. The Balaban J connectivity index is 2.15.